The van der Waals surface area contributed by atoms with Crippen molar-refractivity contribution in [3.05, 3.63) is 28.8 Å². The maximum Gasteiger partial charge on any atom is 0.421 e. The van der Waals surface area contributed by atoms with Crippen LogP contribution in [0.4, 0.5) is 13.2 Å². The lowest BCUT2D eigenvalue weighted by molar-refractivity contribution is -0.139. The molecule has 6 heteroatoms. The summed E-state index contributed by atoms with van der Waals surface area (Å²) in [5.74, 6) is 0.0744. The second-order valence-electron chi connectivity index (χ2n) is 5.31. The van der Waals surface area contributed by atoms with Crippen molar-refractivity contribution in [3.63, 3.8) is 0 Å². The van der Waals surface area contributed by atoms with E-state index in [1.54, 1.807) is 0 Å². The quantitative estimate of drug-likeness (QED) is 0.861. The minimum absolute atomic E-state index is 0.166. The summed E-state index contributed by atoms with van der Waals surface area (Å²) in [6.07, 6.45) is -2.21. The van der Waals surface area contributed by atoms with E-state index in [0.717, 1.165) is 32.4 Å². The van der Waals surface area contributed by atoms with Crippen LogP contribution < -0.4 is 10.1 Å². The van der Waals surface area contributed by atoms with E-state index in [0.29, 0.717) is 0 Å². The predicted octanol–water partition coefficient (Wildman–Crippen LogP) is 4.52. The number of rotatable bonds is 5. The molecule has 0 amide bonds. The van der Waals surface area contributed by atoms with Crippen molar-refractivity contribution in [2.24, 2.45) is 5.92 Å². The van der Waals surface area contributed by atoms with E-state index in [9.17, 15) is 13.2 Å². The van der Waals surface area contributed by atoms with Crippen molar-refractivity contribution in [1.29, 1.82) is 0 Å². The molecule has 0 bridgehead atoms. The van der Waals surface area contributed by atoms with Gasteiger partial charge in [-0.15, -0.1) is 0 Å². The standard InChI is InChI=1S/C15H19ClF3NO/c1-2-4-12(10-7-8-20-9-10)21-13-6-3-5-11(16)14(13)15(17,18)19/h3,5-6,10,12,20H,2,4,7-9H2,1H3. The molecule has 1 aromatic rings. The summed E-state index contributed by atoms with van der Waals surface area (Å²) >= 11 is 5.72. The summed E-state index contributed by atoms with van der Waals surface area (Å²) < 4.78 is 45.2. The average molecular weight is 322 g/mol. The Kier molecular flexibility index (Phi) is 5.38. The van der Waals surface area contributed by atoms with Gasteiger partial charge in [0.05, 0.1) is 5.02 Å². The third-order valence-corrected chi connectivity index (χ3v) is 4.05. The zero-order chi connectivity index (χ0) is 15.5. The van der Waals surface area contributed by atoms with Crippen LogP contribution in [-0.2, 0) is 6.18 Å². The summed E-state index contributed by atoms with van der Waals surface area (Å²) in [6.45, 7) is 3.67. The van der Waals surface area contributed by atoms with E-state index < -0.39 is 11.7 Å². The molecule has 0 spiro atoms. The van der Waals surface area contributed by atoms with Crippen LogP contribution in [-0.4, -0.2) is 19.2 Å². The Bertz CT molecular complexity index is 472. The Hall–Kier alpha value is -0.940. The molecule has 118 valence electrons. The molecule has 0 aliphatic carbocycles. The molecular weight excluding hydrogens is 303 g/mol. The molecule has 2 nitrogen and oxygen atoms in total. The highest BCUT2D eigenvalue weighted by Gasteiger charge is 2.38. The van der Waals surface area contributed by atoms with E-state index >= 15 is 0 Å². The van der Waals surface area contributed by atoms with Crippen molar-refractivity contribution in [3.8, 4) is 5.75 Å². The third kappa shape index (κ3) is 4.04. The molecule has 21 heavy (non-hydrogen) atoms. The molecule has 0 radical (unpaired) electrons. The monoisotopic (exact) mass is 321 g/mol. The maximum atomic E-state index is 13.1. The van der Waals surface area contributed by atoms with Crippen molar-refractivity contribution in [2.45, 2.75) is 38.5 Å². The number of alkyl halides is 3. The van der Waals surface area contributed by atoms with Crippen molar-refractivity contribution < 1.29 is 17.9 Å². The van der Waals surface area contributed by atoms with Gasteiger partial charge in [-0.25, -0.2) is 0 Å². The maximum absolute atomic E-state index is 13.1. The lowest BCUT2D eigenvalue weighted by Gasteiger charge is -2.26. The van der Waals surface area contributed by atoms with Crippen molar-refractivity contribution >= 4 is 11.6 Å². The first-order chi connectivity index (χ1) is 9.93. The molecule has 1 N–H and O–H groups in total. The second-order valence-corrected chi connectivity index (χ2v) is 5.72. The zero-order valence-corrected chi connectivity index (χ0v) is 12.6. The van der Waals surface area contributed by atoms with Crippen LogP contribution in [0.5, 0.6) is 5.75 Å². The van der Waals surface area contributed by atoms with Crippen LogP contribution in [0.25, 0.3) is 0 Å². The SMILES string of the molecule is CCCC(Oc1cccc(Cl)c1C(F)(F)F)C1CCNC1. The fraction of sp³-hybridized carbons (Fsp3) is 0.600. The number of hydrogen-bond donors (Lipinski definition) is 1. The normalized spacial score (nSPS) is 20.5. The molecule has 2 rings (SSSR count). The van der Waals surface area contributed by atoms with Gasteiger partial charge >= 0.3 is 6.18 Å². The van der Waals surface area contributed by atoms with E-state index in [2.05, 4.69) is 5.32 Å². The molecule has 1 aliphatic rings. The van der Waals surface area contributed by atoms with Crippen LogP contribution in [0.1, 0.15) is 31.7 Å². The Morgan fingerprint density at radius 2 is 2.19 bits per heavy atom. The smallest absolute Gasteiger partial charge is 0.421 e. The summed E-state index contributed by atoms with van der Waals surface area (Å²) in [4.78, 5) is 0. The van der Waals surface area contributed by atoms with Gasteiger partial charge < -0.3 is 10.1 Å². The highest BCUT2D eigenvalue weighted by molar-refractivity contribution is 6.31. The average Bonchev–Trinajstić information content (AvgIpc) is 2.90. The minimum Gasteiger partial charge on any atom is -0.489 e. The molecular formula is C15H19ClF3NO. The summed E-state index contributed by atoms with van der Waals surface area (Å²) in [5.41, 5.74) is -0.876. The Morgan fingerprint density at radius 1 is 1.43 bits per heavy atom. The van der Waals surface area contributed by atoms with E-state index in [4.69, 9.17) is 16.3 Å². The van der Waals surface area contributed by atoms with Gasteiger partial charge in [0.25, 0.3) is 0 Å². The topological polar surface area (TPSA) is 21.3 Å². The Morgan fingerprint density at radius 3 is 2.76 bits per heavy atom. The van der Waals surface area contributed by atoms with Gasteiger partial charge in [-0.1, -0.05) is 31.0 Å². The second kappa shape index (κ2) is 6.88. The lowest BCUT2D eigenvalue weighted by atomic mass is 9.97. The first kappa shape index (κ1) is 16.4. The van der Waals surface area contributed by atoms with E-state index in [1.807, 2.05) is 6.92 Å². The molecule has 1 aromatic carbocycles. The summed E-state index contributed by atoms with van der Waals surface area (Å²) in [6, 6.07) is 4.08. The molecule has 2 unspecified atom stereocenters. The van der Waals surface area contributed by atoms with Gasteiger partial charge in [-0.05, 0) is 31.5 Å². The van der Waals surface area contributed by atoms with Crippen LogP contribution in [0, 0.1) is 5.92 Å². The summed E-state index contributed by atoms with van der Waals surface area (Å²) in [5, 5.41) is 2.91. The number of hydrogen-bond acceptors (Lipinski definition) is 2. The summed E-state index contributed by atoms with van der Waals surface area (Å²) in [7, 11) is 0. The highest BCUT2D eigenvalue weighted by Crippen LogP contribution is 2.41. The fourth-order valence-corrected chi connectivity index (χ4v) is 2.98. The molecule has 1 aliphatic heterocycles. The van der Waals surface area contributed by atoms with Crippen LogP contribution in [0.2, 0.25) is 5.02 Å². The van der Waals surface area contributed by atoms with Gasteiger partial charge in [0.1, 0.15) is 17.4 Å². The van der Waals surface area contributed by atoms with Crippen molar-refractivity contribution in [2.75, 3.05) is 13.1 Å². The number of nitrogens with one attached hydrogen (secondary N) is 1. The zero-order valence-electron chi connectivity index (χ0n) is 11.8. The lowest BCUT2D eigenvalue weighted by Crippen LogP contribution is -2.29. The van der Waals surface area contributed by atoms with E-state index in [1.165, 1.54) is 18.2 Å². The predicted molar refractivity (Wildman–Crippen MR) is 76.8 cm³/mol. The van der Waals surface area contributed by atoms with Gasteiger partial charge in [0, 0.05) is 12.5 Å². The minimum atomic E-state index is -4.52. The Labute approximate surface area is 127 Å². The third-order valence-electron chi connectivity index (χ3n) is 3.73. The fourth-order valence-electron chi connectivity index (χ4n) is 2.71. The van der Waals surface area contributed by atoms with Crippen LogP contribution >= 0.6 is 11.6 Å². The van der Waals surface area contributed by atoms with Gasteiger partial charge in [0.15, 0.2) is 0 Å². The molecule has 2 atom stereocenters. The molecule has 1 heterocycles. The first-order valence-corrected chi connectivity index (χ1v) is 7.54. The molecule has 0 aromatic heterocycles. The van der Waals surface area contributed by atoms with Gasteiger partial charge in [-0.3, -0.25) is 0 Å². The van der Waals surface area contributed by atoms with Crippen LogP contribution in [0.3, 0.4) is 0 Å². The van der Waals surface area contributed by atoms with Gasteiger partial charge in [-0.2, -0.15) is 13.2 Å². The Balaban J connectivity index is 2.26. The first-order valence-electron chi connectivity index (χ1n) is 7.16. The van der Waals surface area contributed by atoms with Gasteiger partial charge in [0.2, 0.25) is 0 Å². The van der Waals surface area contributed by atoms with Crippen molar-refractivity contribution in [1.82, 2.24) is 5.32 Å². The van der Waals surface area contributed by atoms with E-state index in [-0.39, 0.29) is 22.8 Å². The number of ether oxygens (including phenoxy) is 1. The number of benzene rings is 1. The number of halogens is 4. The highest BCUT2D eigenvalue weighted by atomic mass is 35.5. The molecule has 1 saturated heterocycles. The van der Waals surface area contributed by atoms with Crippen LogP contribution in [0.15, 0.2) is 18.2 Å². The molecule has 1 fully saturated rings. The molecule has 0 saturated carbocycles. The largest absolute Gasteiger partial charge is 0.489 e.